The summed E-state index contributed by atoms with van der Waals surface area (Å²) in [5.74, 6) is -1.03. The van der Waals surface area contributed by atoms with Crippen LogP contribution in [0.15, 0.2) is 17.1 Å². The molecule has 0 unspecified atom stereocenters. The molecule has 0 radical (unpaired) electrons. The highest BCUT2D eigenvalue weighted by Crippen LogP contribution is 2.37. The number of thiophene rings is 1. The average Bonchev–Trinajstić information content (AvgIpc) is 2.82. The number of carbonyl (C=O) groups excluding carboxylic acids is 1. The maximum Gasteiger partial charge on any atom is 0.341 e. The first kappa shape index (κ1) is 18.9. The van der Waals surface area contributed by atoms with E-state index in [4.69, 9.17) is 16.3 Å². The number of phenols is 1. The van der Waals surface area contributed by atoms with Gasteiger partial charge in [-0.3, -0.25) is 10.1 Å². The summed E-state index contributed by atoms with van der Waals surface area (Å²) in [6, 6.07) is 2.41. The molecule has 1 aromatic heterocycles. The number of halogens is 1. The van der Waals surface area contributed by atoms with Gasteiger partial charge in [-0.15, -0.1) is 11.3 Å². The number of ether oxygens (including phenoxy) is 1. The Morgan fingerprint density at radius 1 is 1.48 bits per heavy atom. The minimum atomic E-state index is -0.734. The number of benzene rings is 1. The number of aryl methyl sites for hydroxylation is 1. The summed E-state index contributed by atoms with van der Waals surface area (Å²) in [7, 11) is 0. The second-order valence-electron chi connectivity index (χ2n) is 5.06. The number of phenolic OH excluding ortho intramolecular Hbond substituents is 1. The van der Waals surface area contributed by atoms with Gasteiger partial charge in [0.15, 0.2) is 0 Å². The third-order valence-electron chi connectivity index (χ3n) is 3.45. The van der Waals surface area contributed by atoms with E-state index in [0.717, 1.165) is 16.5 Å². The number of esters is 1. The number of hydrogen-bond acceptors (Lipinski definition) is 7. The van der Waals surface area contributed by atoms with Crippen LogP contribution in [0.5, 0.6) is 5.75 Å². The van der Waals surface area contributed by atoms with Crippen molar-refractivity contribution in [3.63, 3.8) is 0 Å². The lowest BCUT2D eigenvalue weighted by Gasteiger charge is -2.03. The van der Waals surface area contributed by atoms with Crippen molar-refractivity contribution in [1.82, 2.24) is 0 Å². The summed E-state index contributed by atoms with van der Waals surface area (Å²) in [5.41, 5.74) is 0.671. The lowest BCUT2D eigenvalue weighted by atomic mass is 10.1. The third-order valence-corrected chi connectivity index (χ3v) is 4.78. The number of nitrogens with zero attached hydrogens (tertiary/aromatic N) is 2. The highest BCUT2D eigenvalue weighted by atomic mass is 35.5. The number of rotatable bonds is 5. The molecule has 0 aliphatic heterocycles. The van der Waals surface area contributed by atoms with Crippen LogP contribution in [-0.4, -0.2) is 28.8 Å². The molecule has 2 aromatic rings. The Morgan fingerprint density at radius 2 is 2.16 bits per heavy atom. The zero-order chi connectivity index (χ0) is 18.7. The van der Waals surface area contributed by atoms with Crippen LogP contribution in [0.1, 0.15) is 33.3 Å². The van der Waals surface area contributed by atoms with Crippen LogP contribution in [0.3, 0.4) is 0 Å². The normalized spacial score (nSPS) is 11.0. The summed E-state index contributed by atoms with van der Waals surface area (Å²) < 4.78 is 5.04. The Kier molecular flexibility index (Phi) is 5.76. The first-order chi connectivity index (χ1) is 11.8. The third kappa shape index (κ3) is 3.97. The largest absolute Gasteiger partial charge is 0.502 e. The van der Waals surface area contributed by atoms with Crippen molar-refractivity contribution in [2.24, 2.45) is 4.99 Å². The Balaban J connectivity index is 2.49. The lowest BCUT2D eigenvalue weighted by molar-refractivity contribution is -0.385. The van der Waals surface area contributed by atoms with Gasteiger partial charge >= 0.3 is 11.7 Å². The first-order valence-corrected chi connectivity index (χ1v) is 8.43. The molecule has 0 fully saturated rings. The van der Waals surface area contributed by atoms with Crippen molar-refractivity contribution < 1.29 is 19.6 Å². The van der Waals surface area contributed by atoms with Crippen LogP contribution in [0.2, 0.25) is 5.02 Å². The van der Waals surface area contributed by atoms with Crippen molar-refractivity contribution in [3.8, 4) is 5.75 Å². The fourth-order valence-corrected chi connectivity index (χ4v) is 3.32. The number of nitro benzene ring substituents is 1. The molecule has 25 heavy (non-hydrogen) atoms. The number of aliphatic imine (C=N–C) groups is 1. The van der Waals surface area contributed by atoms with Gasteiger partial charge in [0.25, 0.3) is 0 Å². The average molecular weight is 383 g/mol. The van der Waals surface area contributed by atoms with Crippen LogP contribution < -0.4 is 0 Å². The topological polar surface area (TPSA) is 102 Å². The first-order valence-electron chi connectivity index (χ1n) is 7.24. The fraction of sp³-hybridized carbons (Fsp3) is 0.250. The second-order valence-corrected chi connectivity index (χ2v) is 6.70. The van der Waals surface area contributed by atoms with E-state index in [2.05, 4.69) is 4.99 Å². The Morgan fingerprint density at radius 3 is 2.76 bits per heavy atom. The van der Waals surface area contributed by atoms with Crippen LogP contribution in [0.4, 0.5) is 10.7 Å². The summed E-state index contributed by atoms with van der Waals surface area (Å²) in [4.78, 5) is 27.5. The predicted molar refractivity (Wildman–Crippen MR) is 96.8 cm³/mol. The molecule has 1 heterocycles. The molecular weight excluding hydrogens is 368 g/mol. The summed E-state index contributed by atoms with van der Waals surface area (Å²) in [6.45, 7) is 5.58. The maximum absolute atomic E-state index is 12.1. The SMILES string of the molecule is CCOC(=O)c1c(/N=C/c2cc(Cl)cc([N+](=O)[O-])c2O)sc(C)c1C. The second kappa shape index (κ2) is 7.62. The molecule has 0 aliphatic carbocycles. The number of hydrogen-bond donors (Lipinski definition) is 1. The molecular formula is C16H15ClN2O5S. The van der Waals surface area contributed by atoms with E-state index in [0.29, 0.717) is 10.6 Å². The molecule has 7 nitrogen and oxygen atoms in total. The molecule has 0 spiro atoms. The van der Waals surface area contributed by atoms with Gasteiger partial charge < -0.3 is 9.84 Å². The van der Waals surface area contributed by atoms with E-state index in [9.17, 15) is 20.0 Å². The van der Waals surface area contributed by atoms with Crippen LogP contribution in [-0.2, 0) is 4.74 Å². The van der Waals surface area contributed by atoms with E-state index in [-0.39, 0.29) is 17.2 Å². The molecule has 0 bridgehead atoms. The Hall–Kier alpha value is -2.45. The molecule has 1 N–H and O–H groups in total. The van der Waals surface area contributed by atoms with Gasteiger partial charge in [-0.1, -0.05) is 11.6 Å². The van der Waals surface area contributed by atoms with Gasteiger partial charge in [0, 0.05) is 27.7 Å². The molecule has 2 rings (SSSR count). The van der Waals surface area contributed by atoms with E-state index >= 15 is 0 Å². The van der Waals surface area contributed by atoms with Crippen molar-refractivity contribution in [2.45, 2.75) is 20.8 Å². The van der Waals surface area contributed by atoms with E-state index in [1.807, 2.05) is 6.92 Å². The smallest absolute Gasteiger partial charge is 0.341 e. The molecule has 132 valence electrons. The highest BCUT2D eigenvalue weighted by molar-refractivity contribution is 7.16. The maximum atomic E-state index is 12.1. The van der Waals surface area contributed by atoms with Crippen molar-refractivity contribution in [1.29, 1.82) is 0 Å². The minimum Gasteiger partial charge on any atom is -0.502 e. The van der Waals surface area contributed by atoms with Gasteiger partial charge in [0.1, 0.15) is 5.00 Å². The number of aromatic hydroxyl groups is 1. The van der Waals surface area contributed by atoms with Gasteiger partial charge in [0.05, 0.1) is 17.1 Å². The van der Waals surface area contributed by atoms with Gasteiger partial charge in [-0.2, -0.15) is 0 Å². The van der Waals surface area contributed by atoms with Crippen molar-refractivity contribution in [2.75, 3.05) is 6.61 Å². The molecule has 0 amide bonds. The number of nitro groups is 1. The predicted octanol–water partition coefficient (Wildman–Crippen LogP) is 4.56. The van der Waals surface area contributed by atoms with E-state index < -0.39 is 22.3 Å². The molecule has 0 atom stereocenters. The Labute approximate surface area is 152 Å². The molecule has 0 aliphatic rings. The van der Waals surface area contributed by atoms with Crippen LogP contribution in [0, 0.1) is 24.0 Å². The van der Waals surface area contributed by atoms with Crippen LogP contribution >= 0.6 is 22.9 Å². The monoisotopic (exact) mass is 382 g/mol. The number of carbonyl (C=O) groups is 1. The lowest BCUT2D eigenvalue weighted by Crippen LogP contribution is -2.05. The van der Waals surface area contributed by atoms with Gasteiger partial charge in [-0.25, -0.2) is 9.79 Å². The standard InChI is InChI=1S/C16H15ClN2O5S/c1-4-24-16(21)13-8(2)9(3)25-15(13)18-7-10-5-11(17)6-12(14(10)20)19(22)23/h5-7,20H,4H2,1-3H3/b18-7+. The Bertz CT molecular complexity index is 876. The van der Waals surface area contributed by atoms with Crippen molar-refractivity contribution >= 4 is 45.8 Å². The minimum absolute atomic E-state index is 0.0812. The molecule has 0 saturated heterocycles. The summed E-state index contributed by atoms with van der Waals surface area (Å²) in [5, 5.41) is 21.4. The van der Waals surface area contributed by atoms with Crippen LogP contribution in [0.25, 0.3) is 0 Å². The van der Waals surface area contributed by atoms with E-state index in [1.54, 1.807) is 13.8 Å². The zero-order valence-electron chi connectivity index (χ0n) is 13.7. The quantitative estimate of drug-likeness (QED) is 0.353. The fourth-order valence-electron chi connectivity index (χ4n) is 2.11. The molecule has 9 heteroatoms. The highest BCUT2D eigenvalue weighted by Gasteiger charge is 2.21. The molecule has 0 saturated carbocycles. The molecule has 1 aromatic carbocycles. The van der Waals surface area contributed by atoms with E-state index in [1.165, 1.54) is 23.6 Å². The zero-order valence-corrected chi connectivity index (χ0v) is 15.3. The summed E-state index contributed by atoms with van der Waals surface area (Å²) >= 11 is 7.14. The van der Waals surface area contributed by atoms with Gasteiger partial charge in [-0.05, 0) is 32.4 Å². The van der Waals surface area contributed by atoms with Crippen molar-refractivity contribution in [3.05, 3.63) is 48.8 Å². The summed E-state index contributed by atoms with van der Waals surface area (Å²) in [6.07, 6.45) is 1.24. The van der Waals surface area contributed by atoms with Gasteiger partial charge in [0.2, 0.25) is 5.75 Å².